The Bertz CT molecular complexity index is 348. The quantitative estimate of drug-likeness (QED) is 0.674. The number of likely N-dealkylation sites (tertiary alicyclic amines) is 1. The minimum Gasteiger partial charge on any atom is -0.481 e. The summed E-state index contributed by atoms with van der Waals surface area (Å²) < 4.78 is 4.93. The summed E-state index contributed by atoms with van der Waals surface area (Å²) in [7, 11) is 1.63. The molecule has 1 rings (SSSR count). The lowest BCUT2D eigenvalue weighted by Crippen LogP contribution is -2.53. The molecule has 0 aromatic rings. The molecule has 20 heavy (non-hydrogen) atoms. The number of carbonyl (C=O) groups excluding carboxylic acids is 1. The van der Waals surface area contributed by atoms with Crippen LogP contribution in [0.25, 0.3) is 0 Å². The molecule has 1 aliphatic heterocycles. The number of aliphatic carboxylic acids is 1. The highest BCUT2D eigenvalue weighted by Gasteiger charge is 2.40. The Balaban J connectivity index is 2.47. The van der Waals surface area contributed by atoms with Crippen molar-refractivity contribution in [2.75, 3.05) is 33.4 Å². The first kappa shape index (κ1) is 16.9. The van der Waals surface area contributed by atoms with Gasteiger partial charge in [0.1, 0.15) is 0 Å². The van der Waals surface area contributed by atoms with Crippen LogP contribution < -0.4 is 5.32 Å². The van der Waals surface area contributed by atoms with Gasteiger partial charge in [-0.15, -0.1) is 0 Å². The molecular weight excluding hydrogens is 260 g/mol. The lowest BCUT2D eigenvalue weighted by molar-refractivity contribution is -0.152. The second-order valence-electron chi connectivity index (χ2n) is 5.75. The highest BCUT2D eigenvalue weighted by Crippen LogP contribution is 2.30. The summed E-state index contributed by atoms with van der Waals surface area (Å²) in [5.41, 5.74) is -0.747. The highest BCUT2D eigenvalue weighted by atomic mass is 16.5. The molecule has 0 radical (unpaired) electrons. The van der Waals surface area contributed by atoms with Gasteiger partial charge in [0, 0.05) is 26.8 Å². The summed E-state index contributed by atoms with van der Waals surface area (Å²) in [5.74, 6) is -0.828. The van der Waals surface area contributed by atoms with E-state index in [1.807, 2.05) is 11.8 Å². The van der Waals surface area contributed by atoms with Gasteiger partial charge in [0.2, 0.25) is 5.91 Å². The number of amides is 1. The lowest BCUT2D eigenvalue weighted by atomic mass is 9.81. The third-order valence-corrected chi connectivity index (χ3v) is 3.99. The van der Waals surface area contributed by atoms with Crippen LogP contribution in [0.5, 0.6) is 0 Å². The van der Waals surface area contributed by atoms with Crippen molar-refractivity contribution in [2.24, 2.45) is 5.41 Å². The third kappa shape index (κ3) is 4.45. The van der Waals surface area contributed by atoms with Crippen molar-refractivity contribution < 1.29 is 19.4 Å². The first-order valence-electron chi connectivity index (χ1n) is 7.15. The molecule has 116 valence electrons. The average molecular weight is 286 g/mol. The number of ether oxygens (including phenoxy) is 1. The van der Waals surface area contributed by atoms with Gasteiger partial charge in [-0.05, 0) is 39.7 Å². The average Bonchev–Trinajstić information content (AvgIpc) is 2.42. The second-order valence-corrected chi connectivity index (χ2v) is 5.75. The summed E-state index contributed by atoms with van der Waals surface area (Å²) >= 11 is 0. The fourth-order valence-corrected chi connectivity index (χ4v) is 2.53. The summed E-state index contributed by atoms with van der Waals surface area (Å²) in [4.78, 5) is 25.3. The van der Waals surface area contributed by atoms with Crippen LogP contribution in [0.15, 0.2) is 0 Å². The van der Waals surface area contributed by atoms with Crippen LogP contribution in [0, 0.1) is 5.41 Å². The molecule has 6 nitrogen and oxygen atoms in total. The maximum Gasteiger partial charge on any atom is 0.310 e. The Morgan fingerprint density at radius 2 is 2.20 bits per heavy atom. The van der Waals surface area contributed by atoms with Crippen molar-refractivity contribution >= 4 is 11.9 Å². The summed E-state index contributed by atoms with van der Waals surface area (Å²) in [5, 5.41) is 12.2. The van der Waals surface area contributed by atoms with Crippen molar-refractivity contribution in [3.8, 4) is 0 Å². The Morgan fingerprint density at radius 1 is 1.50 bits per heavy atom. The Kier molecular flexibility index (Phi) is 6.42. The first-order valence-corrected chi connectivity index (χ1v) is 7.15. The van der Waals surface area contributed by atoms with E-state index in [4.69, 9.17) is 4.74 Å². The number of carboxylic acids is 1. The minimum atomic E-state index is -0.782. The highest BCUT2D eigenvalue weighted by molar-refractivity contribution is 5.81. The van der Waals surface area contributed by atoms with E-state index in [2.05, 4.69) is 5.32 Å². The fraction of sp³-hybridized carbons (Fsp3) is 0.857. The molecule has 0 aromatic carbocycles. The van der Waals surface area contributed by atoms with E-state index in [0.717, 1.165) is 19.4 Å². The van der Waals surface area contributed by atoms with Crippen LogP contribution in [0.4, 0.5) is 0 Å². The maximum atomic E-state index is 12.0. The summed E-state index contributed by atoms with van der Waals surface area (Å²) in [6.45, 7) is 5.99. The summed E-state index contributed by atoms with van der Waals surface area (Å²) in [6.07, 6.45) is 2.26. The van der Waals surface area contributed by atoms with Gasteiger partial charge in [-0.3, -0.25) is 14.5 Å². The van der Waals surface area contributed by atoms with Crippen LogP contribution >= 0.6 is 0 Å². The van der Waals surface area contributed by atoms with Gasteiger partial charge in [-0.1, -0.05) is 0 Å². The molecule has 0 aliphatic carbocycles. The lowest BCUT2D eigenvalue weighted by Gasteiger charge is -2.40. The number of carboxylic acid groups (broad SMARTS) is 1. The van der Waals surface area contributed by atoms with Crippen molar-refractivity contribution in [3.05, 3.63) is 0 Å². The predicted molar refractivity (Wildman–Crippen MR) is 75.5 cm³/mol. The van der Waals surface area contributed by atoms with E-state index in [9.17, 15) is 14.7 Å². The molecule has 1 heterocycles. The number of piperidine rings is 1. The van der Waals surface area contributed by atoms with E-state index in [1.165, 1.54) is 0 Å². The standard InChI is InChI=1S/C14H26N2O4/c1-11(12(17)15-7-5-9-20-3)16-8-4-6-14(2,10-16)13(18)19/h11H,4-10H2,1-3H3,(H,15,17)(H,18,19). The van der Waals surface area contributed by atoms with Crippen LogP contribution in [0.3, 0.4) is 0 Å². The molecule has 0 aromatic heterocycles. The van der Waals surface area contributed by atoms with Crippen LogP contribution in [-0.4, -0.2) is 61.3 Å². The molecule has 1 aliphatic rings. The molecular formula is C14H26N2O4. The third-order valence-electron chi connectivity index (χ3n) is 3.99. The molecule has 0 saturated carbocycles. The van der Waals surface area contributed by atoms with E-state index in [-0.39, 0.29) is 11.9 Å². The maximum absolute atomic E-state index is 12.0. The molecule has 6 heteroatoms. The molecule has 2 unspecified atom stereocenters. The molecule has 1 saturated heterocycles. The molecule has 0 spiro atoms. The molecule has 0 bridgehead atoms. The van der Waals surface area contributed by atoms with E-state index in [1.54, 1.807) is 14.0 Å². The van der Waals surface area contributed by atoms with Gasteiger partial charge in [-0.2, -0.15) is 0 Å². The normalized spacial score (nSPS) is 25.1. The van der Waals surface area contributed by atoms with E-state index in [0.29, 0.717) is 26.1 Å². The molecule has 1 fully saturated rings. The SMILES string of the molecule is COCCCNC(=O)C(C)N1CCCC(C)(C(=O)O)C1. The zero-order valence-corrected chi connectivity index (χ0v) is 12.6. The largest absolute Gasteiger partial charge is 0.481 e. The number of nitrogens with one attached hydrogen (secondary N) is 1. The van der Waals surface area contributed by atoms with Crippen molar-refractivity contribution in [1.82, 2.24) is 10.2 Å². The number of carbonyl (C=O) groups is 2. The van der Waals surface area contributed by atoms with Gasteiger partial charge >= 0.3 is 5.97 Å². The molecule has 2 atom stereocenters. The van der Waals surface area contributed by atoms with Gasteiger partial charge in [0.05, 0.1) is 11.5 Å². The van der Waals surface area contributed by atoms with Gasteiger partial charge in [-0.25, -0.2) is 0 Å². The number of methoxy groups -OCH3 is 1. The van der Waals surface area contributed by atoms with Gasteiger partial charge in [0.15, 0.2) is 0 Å². The van der Waals surface area contributed by atoms with Gasteiger partial charge in [0.25, 0.3) is 0 Å². The minimum absolute atomic E-state index is 0.0456. The number of hydrogen-bond acceptors (Lipinski definition) is 4. The Morgan fingerprint density at radius 3 is 2.80 bits per heavy atom. The number of rotatable bonds is 7. The van der Waals surface area contributed by atoms with E-state index < -0.39 is 11.4 Å². The Labute approximate surface area is 120 Å². The summed E-state index contributed by atoms with van der Waals surface area (Å²) in [6, 6.07) is -0.295. The molecule has 2 N–H and O–H groups in total. The van der Waals surface area contributed by atoms with Gasteiger partial charge < -0.3 is 15.2 Å². The van der Waals surface area contributed by atoms with E-state index >= 15 is 0 Å². The van der Waals surface area contributed by atoms with Crippen LogP contribution in [-0.2, 0) is 14.3 Å². The first-order chi connectivity index (χ1) is 9.40. The smallest absolute Gasteiger partial charge is 0.310 e. The number of hydrogen-bond donors (Lipinski definition) is 2. The Hall–Kier alpha value is -1.14. The molecule has 1 amide bonds. The second kappa shape index (κ2) is 7.59. The van der Waals surface area contributed by atoms with Crippen LogP contribution in [0.2, 0.25) is 0 Å². The zero-order chi connectivity index (χ0) is 15.2. The monoisotopic (exact) mass is 286 g/mol. The van der Waals surface area contributed by atoms with Crippen LogP contribution in [0.1, 0.15) is 33.1 Å². The zero-order valence-electron chi connectivity index (χ0n) is 12.6. The van der Waals surface area contributed by atoms with Crippen molar-refractivity contribution in [3.63, 3.8) is 0 Å². The number of nitrogens with zero attached hydrogens (tertiary/aromatic N) is 1. The fourth-order valence-electron chi connectivity index (χ4n) is 2.53. The van der Waals surface area contributed by atoms with Crippen molar-refractivity contribution in [2.45, 2.75) is 39.2 Å². The predicted octanol–water partition coefficient (Wildman–Crippen LogP) is 0.714. The topological polar surface area (TPSA) is 78.9 Å². The van der Waals surface area contributed by atoms with Crippen molar-refractivity contribution in [1.29, 1.82) is 0 Å².